The van der Waals surface area contributed by atoms with Crippen molar-refractivity contribution in [1.29, 1.82) is 0 Å². The van der Waals surface area contributed by atoms with Gasteiger partial charge in [0.2, 0.25) is 0 Å². The van der Waals surface area contributed by atoms with Gasteiger partial charge in [0, 0.05) is 26.3 Å². The summed E-state index contributed by atoms with van der Waals surface area (Å²) in [6.07, 6.45) is 2.41. The van der Waals surface area contributed by atoms with Gasteiger partial charge in [-0.1, -0.05) is 31.9 Å². The number of ketones is 1. The molecule has 0 aliphatic carbocycles. The lowest BCUT2D eigenvalue weighted by Gasteiger charge is -2.04. The molecule has 0 aliphatic rings. The number of pyridine rings is 1. The zero-order valence-corrected chi connectivity index (χ0v) is 11.6. The van der Waals surface area contributed by atoms with Crippen molar-refractivity contribution < 1.29 is 9.18 Å². The molecule has 0 spiro atoms. The molecule has 1 aromatic carbocycles. The van der Waals surface area contributed by atoms with E-state index in [1.54, 1.807) is 12.1 Å². The van der Waals surface area contributed by atoms with Crippen LogP contribution in [-0.2, 0) is 0 Å². The molecule has 0 aliphatic heterocycles. The van der Waals surface area contributed by atoms with E-state index in [1.165, 1.54) is 12.3 Å². The normalized spacial score (nSPS) is 10.3. The van der Waals surface area contributed by atoms with Crippen LogP contribution in [0.4, 0.5) is 4.39 Å². The summed E-state index contributed by atoms with van der Waals surface area (Å²) in [6, 6.07) is 6.41. The quantitative estimate of drug-likeness (QED) is 0.760. The van der Waals surface area contributed by atoms with Crippen molar-refractivity contribution >= 4 is 37.6 Å². The third kappa shape index (κ3) is 2.79. The van der Waals surface area contributed by atoms with Gasteiger partial charge in [0.05, 0.1) is 6.20 Å². The monoisotopic (exact) mass is 357 g/mol. The zero-order chi connectivity index (χ0) is 12.4. The smallest absolute Gasteiger partial charge is 0.195 e. The van der Waals surface area contributed by atoms with Gasteiger partial charge in [-0.05, 0) is 24.3 Å². The predicted octanol–water partition coefficient (Wildman–Crippen LogP) is 3.98. The number of benzene rings is 1. The largest absolute Gasteiger partial charge is 0.289 e. The third-order valence-corrected chi connectivity index (χ3v) is 3.32. The summed E-state index contributed by atoms with van der Waals surface area (Å²) in [6.45, 7) is 0. The average molecular weight is 359 g/mol. The number of hydrogen-bond donors (Lipinski definition) is 0. The Labute approximate surface area is 114 Å². The summed E-state index contributed by atoms with van der Waals surface area (Å²) in [5.41, 5.74) is 0.690. The number of aromatic nitrogens is 1. The summed E-state index contributed by atoms with van der Waals surface area (Å²) in [5.74, 6) is -0.799. The number of nitrogens with zero attached hydrogens (tertiary/aromatic N) is 1. The highest BCUT2D eigenvalue weighted by atomic mass is 79.9. The maximum absolute atomic E-state index is 13.0. The first kappa shape index (κ1) is 12.4. The van der Waals surface area contributed by atoms with E-state index in [-0.39, 0.29) is 11.3 Å². The molecule has 0 N–H and O–H groups in total. The van der Waals surface area contributed by atoms with Crippen LogP contribution in [-0.4, -0.2) is 10.8 Å². The molecular formula is C12H6Br2FNO. The van der Waals surface area contributed by atoms with Crippen molar-refractivity contribution in [3.05, 3.63) is 62.5 Å². The van der Waals surface area contributed by atoms with Crippen LogP contribution < -0.4 is 0 Å². The summed E-state index contributed by atoms with van der Waals surface area (Å²) < 4.78 is 14.4. The van der Waals surface area contributed by atoms with E-state index in [1.807, 2.05) is 6.07 Å². The van der Waals surface area contributed by atoms with Gasteiger partial charge >= 0.3 is 0 Å². The molecule has 0 radical (unpaired) electrons. The highest BCUT2D eigenvalue weighted by Crippen LogP contribution is 2.24. The lowest BCUT2D eigenvalue weighted by atomic mass is 10.1. The third-order valence-electron chi connectivity index (χ3n) is 2.14. The lowest BCUT2D eigenvalue weighted by Crippen LogP contribution is -2.03. The standard InChI is InChI=1S/C12H6Br2FNO/c13-8-1-2-11(14)10(4-8)12(17)7-3-9(15)6-16-5-7/h1-6H. The molecule has 2 aromatic rings. The SMILES string of the molecule is O=C(c1cncc(F)c1)c1cc(Br)ccc1Br. The molecular weight excluding hydrogens is 353 g/mol. The van der Waals surface area contributed by atoms with Crippen molar-refractivity contribution in [2.24, 2.45) is 0 Å². The summed E-state index contributed by atoms with van der Waals surface area (Å²) in [5, 5.41) is 0. The number of carbonyl (C=O) groups excluding carboxylic acids is 1. The van der Waals surface area contributed by atoms with Gasteiger partial charge in [-0.3, -0.25) is 9.78 Å². The second kappa shape index (κ2) is 5.06. The van der Waals surface area contributed by atoms with Gasteiger partial charge in [-0.25, -0.2) is 4.39 Å². The number of rotatable bonds is 2. The van der Waals surface area contributed by atoms with Crippen molar-refractivity contribution in [3.63, 3.8) is 0 Å². The molecule has 0 unspecified atom stereocenters. The Balaban J connectivity index is 2.47. The Morgan fingerprint density at radius 3 is 2.65 bits per heavy atom. The molecule has 0 bridgehead atoms. The Hall–Kier alpha value is -1.07. The zero-order valence-electron chi connectivity index (χ0n) is 8.45. The highest BCUT2D eigenvalue weighted by Gasteiger charge is 2.13. The van der Waals surface area contributed by atoms with Gasteiger partial charge in [0.25, 0.3) is 0 Å². The highest BCUT2D eigenvalue weighted by molar-refractivity contribution is 9.11. The van der Waals surface area contributed by atoms with Crippen LogP contribution in [0.25, 0.3) is 0 Å². The molecule has 1 aromatic heterocycles. The van der Waals surface area contributed by atoms with E-state index in [0.717, 1.165) is 10.7 Å². The van der Waals surface area contributed by atoms with Gasteiger partial charge < -0.3 is 0 Å². The van der Waals surface area contributed by atoms with Crippen LogP contribution in [0.1, 0.15) is 15.9 Å². The van der Waals surface area contributed by atoms with Gasteiger partial charge in [0.1, 0.15) is 5.82 Å². The Morgan fingerprint density at radius 1 is 1.18 bits per heavy atom. The summed E-state index contributed by atoms with van der Waals surface area (Å²) in [4.78, 5) is 15.8. The van der Waals surface area contributed by atoms with Crippen molar-refractivity contribution in [2.45, 2.75) is 0 Å². The second-order valence-electron chi connectivity index (χ2n) is 3.35. The van der Waals surface area contributed by atoms with E-state index >= 15 is 0 Å². The average Bonchev–Trinajstić information content (AvgIpc) is 2.31. The Kier molecular flexibility index (Phi) is 3.69. The molecule has 1 heterocycles. The maximum atomic E-state index is 13.0. The minimum Gasteiger partial charge on any atom is -0.289 e. The molecule has 0 atom stereocenters. The first-order valence-corrected chi connectivity index (χ1v) is 6.27. The number of carbonyl (C=O) groups is 1. The molecule has 2 nitrogen and oxygen atoms in total. The van der Waals surface area contributed by atoms with E-state index in [9.17, 15) is 9.18 Å². The Morgan fingerprint density at radius 2 is 1.94 bits per heavy atom. The summed E-state index contributed by atoms with van der Waals surface area (Å²) >= 11 is 6.58. The molecule has 0 saturated heterocycles. The van der Waals surface area contributed by atoms with E-state index in [2.05, 4.69) is 36.8 Å². The van der Waals surface area contributed by atoms with Crippen LogP contribution >= 0.6 is 31.9 Å². The van der Waals surface area contributed by atoms with Crippen molar-refractivity contribution in [2.75, 3.05) is 0 Å². The molecule has 2 rings (SSSR count). The van der Waals surface area contributed by atoms with Gasteiger partial charge in [-0.15, -0.1) is 0 Å². The van der Waals surface area contributed by atoms with Crippen molar-refractivity contribution in [3.8, 4) is 0 Å². The van der Waals surface area contributed by atoms with E-state index < -0.39 is 5.82 Å². The predicted molar refractivity (Wildman–Crippen MR) is 69.5 cm³/mol. The van der Waals surface area contributed by atoms with Gasteiger partial charge in [-0.2, -0.15) is 0 Å². The van der Waals surface area contributed by atoms with Crippen LogP contribution in [0.5, 0.6) is 0 Å². The molecule has 0 fully saturated rings. The van der Waals surface area contributed by atoms with E-state index in [4.69, 9.17) is 0 Å². The molecule has 17 heavy (non-hydrogen) atoms. The van der Waals surface area contributed by atoms with Crippen LogP contribution in [0.3, 0.4) is 0 Å². The van der Waals surface area contributed by atoms with Gasteiger partial charge in [0.15, 0.2) is 5.78 Å². The summed E-state index contributed by atoms with van der Waals surface area (Å²) in [7, 11) is 0. The van der Waals surface area contributed by atoms with Crippen LogP contribution in [0, 0.1) is 5.82 Å². The minimum absolute atomic E-state index is 0.226. The first-order valence-electron chi connectivity index (χ1n) is 4.68. The van der Waals surface area contributed by atoms with E-state index in [0.29, 0.717) is 10.0 Å². The molecule has 0 amide bonds. The number of hydrogen-bond acceptors (Lipinski definition) is 2. The molecule has 86 valence electrons. The second-order valence-corrected chi connectivity index (χ2v) is 5.12. The van der Waals surface area contributed by atoms with Crippen LogP contribution in [0.2, 0.25) is 0 Å². The minimum atomic E-state index is -0.526. The topological polar surface area (TPSA) is 30.0 Å². The first-order chi connectivity index (χ1) is 8.08. The fourth-order valence-electron chi connectivity index (χ4n) is 1.36. The molecule has 0 saturated carbocycles. The Bertz CT molecular complexity index is 586. The van der Waals surface area contributed by atoms with Crippen molar-refractivity contribution in [1.82, 2.24) is 4.98 Å². The molecule has 5 heteroatoms. The fourth-order valence-corrected chi connectivity index (χ4v) is 2.15. The fraction of sp³-hybridized carbons (Fsp3) is 0. The lowest BCUT2D eigenvalue weighted by molar-refractivity contribution is 0.103. The number of halogens is 3. The maximum Gasteiger partial charge on any atom is 0.195 e. The van der Waals surface area contributed by atoms with Crippen LogP contribution in [0.15, 0.2) is 45.6 Å².